The summed E-state index contributed by atoms with van der Waals surface area (Å²) in [6.07, 6.45) is 0. The number of hydrogen-bond acceptors (Lipinski definition) is 3. The van der Waals surface area contributed by atoms with Crippen LogP contribution in [0, 0.1) is 5.92 Å². The van der Waals surface area contributed by atoms with Crippen molar-refractivity contribution in [2.75, 3.05) is 12.4 Å². The van der Waals surface area contributed by atoms with Crippen molar-refractivity contribution in [3.63, 3.8) is 0 Å². The van der Waals surface area contributed by atoms with Crippen LogP contribution in [0.3, 0.4) is 0 Å². The fourth-order valence-electron chi connectivity index (χ4n) is 3.11. The number of carbonyl (C=O) groups excluding carboxylic acids is 1. The van der Waals surface area contributed by atoms with Gasteiger partial charge in [0.1, 0.15) is 5.75 Å². The molecule has 3 heteroatoms. The highest BCUT2D eigenvalue weighted by Crippen LogP contribution is 2.33. The number of rotatable bonds is 7. The van der Waals surface area contributed by atoms with Gasteiger partial charge in [0.25, 0.3) is 0 Å². The van der Waals surface area contributed by atoms with Crippen molar-refractivity contribution in [3.05, 3.63) is 96.1 Å². The molecular weight excluding hydrogens is 322 g/mol. The lowest BCUT2D eigenvalue weighted by atomic mass is 9.88. The number of hydrogen-bond donors (Lipinski definition) is 1. The van der Waals surface area contributed by atoms with E-state index in [1.165, 1.54) is 0 Å². The van der Waals surface area contributed by atoms with E-state index in [1.807, 2.05) is 91.9 Å². The second-order valence-corrected chi connectivity index (χ2v) is 6.25. The monoisotopic (exact) mass is 345 g/mol. The maximum absolute atomic E-state index is 13.0. The van der Waals surface area contributed by atoms with Crippen LogP contribution < -0.4 is 10.1 Å². The molecule has 3 nitrogen and oxygen atoms in total. The van der Waals surface area contributed by atoms with E-state index in [1.54, 1.807) is 7.11 Å². The third kappa shape index (κ3) is 3.94. The summed E-state index contributed by atoms with van der Waals surface area (Å²) >= 11 is 0. The maximum atomic E-state index is 13.0. The van der Waals surface area contributed by atoms with Gasteiger partial charge in [-0.05, 0) is 17.7 Å². The minimum Gasteiger partial charge on any atom is -0.495 e. The number of para-hydroxylation sites is 2. The zero-order valence-electron chi connectivity index (χ0n) is 15.1. The average molecular weight is 345 g/mol. The van der Waals surface area contributed by atoms with Crippen molar-refractivity contribution >= 4 is 11.5 Å². The minimum absolute atomic E-state index is 0.113. The number of benzene rings is 3. The Morgan fingerprint density at radius 2 is 1.42 bits per heavy atom. The van der Waals surface area contributed by atoms with Gasteiger partial charge in [-0.1, -0.05) is 79.7 Å². The Morgan fingerprint density at radius 1 is 0.846 bits per heavy atom. The zero-order valence-corrected chi connectivity index (χ0v) is 15.1. The number of anilines is 1. The molecule has 2 unspecified atom stereocenters. The van der Waals surface area contributed by atoms with Gasteiger partial charge in [-0.2, -0.15) is 0 Å². The fourth-order valence-corrected chi connectivity index (χ4v) is 3.11. The Bertz CT molecular complexity index is 846. The molecule has 3 aromatic rings. The lowest BCUT2D eigenvalue weighted by Gasteiger charge is -2.27. The quantitative estimate of drug-likeness (QED) is 0.585. The van der Waals surface area contributed by atoms with Gasteiger partial charge in [0, 0.05) is 11.5 Å². The Balaban J connectivity index is 1.95. The van der Waals surface area contributed by atoms with Crippen LogP contribution in [0.4, 0.5) is 5.69 Å². The van der Waals surface area contributed by atoms with Crippen molar-refractivity contribution in [1.29, 1.82) is 0 Å². The molecule has 0 saturated carbocycles. The predicted molar refractivity (Wildman–Crippen MR) is 106 cm³/mol. The fraction of sp³-hybridized carbons (Fsp3) is 0.174. The van der Waals surface area contributed by atoms with E-state index in [4.69, 9.17) is 4.74 Å². The van der Waals surface area contributed by atoms with Crippen LogP contribution in [0.25, 0.3) is 0 Å². The molecule has 132 valence electrons. The lowest BCUT2D eigenvalue weighted by Crippen LogP contribution is -2.26. The average Bonchev–Trinajstić information content (AvgIpc) is 2.72. The molecule has 0 radical (unpaired) electrons. The van der Waals surface area contributed by atoms with Gasteiger partial charge in [-0.25, -0.2) is 0 Å². The Labute approximate surface area is 154 Å². The van der Waals surface area contributed by atoms with Crippen LogP contribution in [-0.2, 0) is 0 Å². The molecule has 26 heavy (non-hydrogen) atoms. The zero-order chi connectivity index (χ0) is 18.4. The third-order valence-corrected chi connectivity index (χ3v) is 4.55. The largest absolute Gasteiger partial charge is 0.495 e. The van der Waals surface area contributed by atoms with Crippen molar-refractivity contribution in [2.24, 2.45) is 5.92 Å². The third-order valence-electron chi connectivity index (χ3n) is 4.55. The summed E-state index contributed by atoms with van der Waals surface area (Å²) in [6, 6.07) is 27.1. The summed E-state index contributed by atoms with van der Waals surface area (Å²) in [4.78, 5) is 13.0. The molecule has 0 aliphatic rings. The maximum Gasteiger partial charge on any atom is 0.168 e. The first kappa shape index (κ1) is 17.7. The topological polar surface area (TPSA) is 38.3 Å². The summed E-state index contributed by atoms with van der Waals surface area (Å²) in [7, 11) is 1.65. The first-order valence-electron chi connectivity index (χ1n) is 8.74. The number of ether oxygens (including phenoxy) is 1. The molecule has 0 spiro atoms. The van der Waals surface area contributed by atoms with Gasteiger partial charge in [0.05, 0.1) is 18.8 Å². The Morgan fingerprint density at radius 3 is 2.08 bits per heavy atom. The van der Waals surface area contributed by atoms with E-state index in [-0.39, 0.29) is 17.7 Å². The van der Waals surface area contributed by atoms with E-state index in [2.05, 4.69) is 5.32 Å². The molecule has 0 aromatic heterocycles. The number of carbonyl (C=O) groups is 1. The van der Waals surface area contributed by atoms with Gasteiger partial charge in [-0.15, -0.1) is 0 Å². The van der Waals surface area contributed by atoms with Crippen LogP contribution in [0.15, 0.2) is 84.9 Å². The highest BCUT2D eigenvalue weighted by molar-refractivity contribution is 5.98. The second kappa shape index (κ2) is 8.34. The standard InChI is InChI=1S/C23H23NO2/c1-17(23(25)19-13-7-4-8-14-19)22(18-11-5-3-6-12-18)24-20-15-9-10-16-21(20)26-2/h3-17,22,24H,1-2H3. The molecule has 0 fully saturated rings. The van der Waals surface area contributed by atoms with Gasteiger partial charge >= 0.3 is 0 Å². The van der Waals surface area contributed by atoms with Crippen LogP contribution in [0.2, 0.25) is 0 Å². The van der Waals surface area contributed by atoms with Crippen molar-refractivity contribution in [3.8, 4) is 5.75 Å². The number of ketones is 1. The molecule has 3 rings (SSSR count). The second-order valence-electron chi connectivity index (χ2n) is 6.25. The molecule has 0 heterocycles. The van der Waals surface area contributed by atoms with Crippen LogP contribution >= 0.6 is 0 Å². The number of methoxy groups -OCH3 is 1. The van der Waals surface area contributed by atoms with Crippen molar-refractivity contribution < 1.29 is 9.53 Å². The van der Waals surface area contributed by atoms with Gasteiger partial charge in [-0.3, -0.25) is 4.79 Å². The molecule has 1 N–H and O–H groups in total. The molecular formula is C23H23NO2. The van der Waals surface area contributed by atoms with Gasteiger partial charge in [0.15, 0.2) is 5.78 Å². The highest BCUT2D eigenvalue weighted by atomic mass is 16.5. The van der Waals surface area contributed by atoms with Crippen LogP contribution in [0.5, 0.6) is 5.75 Å². The van der Waals surface area contributed by atoms with Crippen LogP contribution in [0.1, 0.15) is 28.9 Å². The molecule has 2 atom stereocenters. The van der Waals surface area contributed by atoms with E-state index in [9.17, 15) is 4.79 Å². The molecule has 0 amide bonds. The Hall–Kier alpha value is -3.07. The summed E-state index contributed by atoms with van der Waals surface area (Å²) in [5, 5.41) is 3.52. The van der Waals surface area contributed by atoms with E-state index >= 15 is 0 Å². The summed E-state index contributed by atoms with van der Waals surface area (Å²) in [6.45, 7) is 1.97. The first-order valence-corrected chi connectivity index (χ1v) is 8.74. The van der Waals surface area contributed by atoms with Crippen LogP contribution in [-0.4, -0.2) is 12.9 Å². The number of Topliss-reactive ketones (excluding diaryl/α,β-unsaturated/α-hetero) is 1. The molecule has 0 aliphatic carbocycles. The van der Waals surface area contributed by atoms with Gasteiger partial charge in [0.2, 0.25) is 0 Å². The van der Waals surface area contributed by atoms with E-state index < -0.39 is 0 Å². The van der Waals surface area contributed by atoms with E-state index in [0.717, 1.165) is 22.6 Å². The van der Waals surface area contributed by atoms with Crippen molar-refractivity contribution in [1.82, 2.24) is 0 Å². The Kier molecular flexibility index (Phi) is 5.69. The smallest absolute Gasteiger partial charge is 0.168 e. The van der Waals surface area contributed by atoms with Gasteiger partial charge < -0.3 is 10.1 Å². The number of nitrogens with one attached hydrogen (secondary N) is 1. The summed E-state index contributed by atoms with van der Waals surface area (Å²) in [5.41, 5.74) is 2.66. The summed E-state index contributed by atoms with van der Waals surface area (Å²) < 4.78 is 5.46. The summed E-state index contributed by atoms with van der Waals surface area (Å²) in [5.74, 6) is 0.624. The molecule has 3 aromatic carbocycles. The molecule has 0 aliphatic heterocycles. The predicted octanol–water partition coefficient (Wildman–Crippen LogP) is 5.37. The lowest BCUT2D eigenvalue weighted by molar-refractivity contribution is 0.0917. The molecule has 0 saturated heterocycles. The molecule has 0 bridgehead atoms. The first-order chi connectivity index (χ1) is 12.7. The normalized spacial score (nSPS) is 12.8. The SMILES string of the molecule is COc1ccccc1NC(c1ccccc1)C(C)C(=O)c1ccccc1. The van der Waals surface area contributed by atoms with Crippen molar-refractivity contribution in [2.45, 2.75) is 13.0 Å². The highest BCUT2D eigenvalue weighted by Gasteiger charge is 2.27. The minimum atomic E-state index is -0.246. The van der Waals surface area contributed by atoms with E-state index in [0.29, 0.717) is 0 Å².